The van der Waals surface area contributed by atoms with Crippen molar-refractivity contribution in [1.82, 2.24) is 20.1 Å². The van der Waals surface area contributed by atoms with E-state index in [0.29, 0.717) is 12.1 Å². The second kappa shape index (κ2) is 6.25. The van der Waals surface area contributed by atoms with Crippen LogP contribution in [0, 0.1) is 5.92 Å². The van der Waals surface area contributed by atoms with Crippen LogP contribution in [0.5, 0.6) is 0 Å². The van der Waals surface area contributed by atoms with Crippen molar-refractivity contribution in [2.75, 3.05) is 0 Å². The molecule has 1 aliphatic heterocycles. The van der Waals surface area contributed by atoms with E-state index in [0.717, 1.165) is 24.7 Å². The van der Waals surface area contributed by atoms with Gasteiger partial charge in [0.1, 0.15) is 11.6 Å². The van der Waals surface area contributed by atoms with Gasteiger partial charge in [0.25, 0.3) is 0 Å². The molecule has 3 rings (SSSR count). The highest BCUT2D eigenvalue weighted by Gasteiger charge is 2.26. The normalized spacial score (nSPS) is 28.1. The lowest BCUT2D eigenvalue weighted by Crippen LogP contribution is -2.31. The lowest BCUT2D eigenvalue weighted by atomic mass is 10.1. The Morgan fingerprint density at radius 1 is 1.25 bits per heavy atom. The fourth-order valence-corrected chi connectivity index (χ4v) is 3.85. The summed E-state index contributed by atoms with van der Waals surface area (Å²) in [6.07, 6.45) is 10.3. The minimum atomic E-state index is 0.329. The molecule has 0 aromatic carbocycles. The lowest BCUT2D eigenvalue weighted by molar-refractivity contribution is 0.415. The molecule has 3 atom stereocenters. The molecule has 2 heterocycles. The van der Waals surface area contributed by atoms with Crippen LogP contribution in [0.25, 0.3) is 0 Å². The molecule has 0 saturated heterocycles. The molecule has 3 unspecified atom stereocenters. The number of hydrogen-bond donors (Lipinski definition) is 1. The first kappa shape index (κ1) is 14.1. The van der Waals surface area contributed by atoms with Gasteiger partial charge in [-0.25, -0.2) is 0 Å². The van der Waals surface area contributed by atoms with Crippen LogP contribution >= 0.6 is 0 Å². The van der Waals surface area contributed by atoms with Gasteiger partial charge in [-0.1, -0.05) is 19.8 Å². The van der Waals surface area contributed by atoms with Crippen LogP contribution in [0.4, 0.5) is 0 Å². The third-order valence-electron chi connectivity index (χ3n) is 5.13. The minimum Gasteiger partial charge on any atom is -0.314 e. The van der Waals surface area contributed by atoms with Crippen molar-refractivity contribution in [3.63, 3.8) is 0 Å². The standard InChI is InChI=1S/C16H28N4/c1-3-13-8-9-14(11-13)17-12(2)16-19-18-15-7-5-4-6-10-20(15)16/h12-14,17H,3-11H2,1-2H3. The number of hydrogen-bond acceptors (Lipinski definition) is 3. The fraction of sp³-hybridized carbons (Fsp3) is 0.875. The number of aromatic nitrogens is 3. The highest BCUT2D eigenvalue weighted by molar-refractivity contribution is 5.02. The van der Waals surface area contributed by atoms with Crippen LogP contribution in [-0.2, 0) is 13.0 Å². The molecule has 2 aliphatic rings. The van der Waals surface area contributed by atoms with Gasteiger partial charge in [-0.05, 0) is 44.9 Å². The molecule has 0 bridgehead atoms. The quantitative estimate of drug-likeness (QED) is 0.918. The van der Waals surface area contributed by atoms with Gasteiger partial charge >= 0.3 is 0 Å². The number of fused-ring (bicyclic) bond motifs is 1. The zero-order valence-electron chi connectivity index (χ0n) is 12.9. The Hall–Kier alpha value is -0.900. The highest BCUT2D eigenvalue weighted by atomic mass is 15.3. The first-order valence-electron chi connectivity index (χ1n) is 8.46. The van der Waals surface area contributed by atoms with E-state index >= 15 is 0 Å². The summed E-state index contributed by atoms with van der Waals surface area (Å²) in [5.41, 5.74) is 0. The van der Waals surface area contributed by atoms with Crippen LogP contribution in [0.2, 0.25) is 0 Å². The third kappa shape index (κ3) is 2.90. The molecule has 20 heavy (non-hydrogen) atoms. The summed E-state index contributed by atoms with van der Waals surface area (Å²) in [7, 11) is 0. The van der Waals surface area contributed by atoms with Gasteiger partial charge in [0.15, 0.2) is 0 Å². The van der Waals surface area contributed by atoms with Crippen LogP contribution in [-0.4, -0.2) is 20.8 Å². The number of nitrogens with zero attached hydrogens (tertiary/aromatic N) is 3. The average Bonchev–Trinajstić information content (AvgIpc) is 3.00. The molecule has 4 heteroatoms. The van der Waals surface area contributed by atoms with Crippen LogP contribution < -0.4 is 5.32 Å². The maximum absolute atomic E-state index is 4.47. The Kier molecular flexibility index (Phi) is 4.39. The van der Waals surface area contributed by atoms with Gasteiger partial charge < -0.3 is 9.88 Å². The van der Waals surface area contributed by atoms with Crippen molar-refractivity contribution in [2.45, 2.75) is 83.8 Å². The van der Waals surface area contributed by atoms with Crippen molar-refractivity contribution in [2.24, 2.45) is 5.92 Å². The summed E-state index contributed by atoms with van der Waals surface area (Å²) in [6, 6.07) is 1.00. The van der Waals surface area contributed by atoms with Gasteiger partial charge in [-0.2, -0.15) is 0 Å². The summed E-state index contributed by atoms with van der Waals surface area (Å²) in [5.74, 6) is 3.28. The van der Waals surface area contributed by atoms with E-state index in [1.807, 2.05) is 0 Å². The third-order valence-corrected chi connectivity index (χ3v) is 5.13. The van der Waals surface area contributed by atoms with E-state index in [-0.39, 0.29) is 0 Å². The summed E-state index contributed by atoms with van der Waals surface area (Å²) >= 11 is 0. The van der Waals surface area contributed by atoms with Gasteiger partial charge in [0, 0.05) is 19.0 Å². The van der Waals surface area contributed by atoms with E-state index < -0.39 is 0 Å². The van der Waals surface area contributed by atoms with Crippen molar-refractivity contribution < 1.29 is 0 Å². The van der Waals surface area contributed by atoms with E-state index in [1.165, 1.54) is 50.8 Å². The topological polar surface area (TPSA) is 42.7 Å². The molecule has 1 saturated carbocycles. The Balaban J connectivity index is 1.65. The number of rotatable bonds is 4. The Morgan fingerprint density at radius 3 is 2.95 bits per heavy atom. The lowest BCUT2D eigenvalue weighted by Gasteiger charge is -2.20. The maximum Gasteiger partial charge on any atom is 0.149 e. The summed E-state index contributed by atoms with van der Waals surface area (Å²) in [5, 5.41) is 12.7. The monoisotopic (exact) mass is 276 g/mol. The first-order valence-corrected chi connectivity index (χ1v) is 8.46. The average molecular weight is 276 g/mol. The maximum atomic E-state index is 4.47. The fourth-order valence-electron chi connectivity index (χ4n) is 3.85. The molecular formula is C16H28N4. The van der Waals surface area contributed by atoms with E-state index in [1.54, 1.807) is 0 Å². The SMILES string of the molecule is CCC1CCC(NC(C)c2nnc3n2CCCCC3)C1. The van der Waals surface area contributed by atoms with E-state index in [4.69, 9.17) is 0 Å². The first-order chi connectivity index (χ1) is 9.78. The zero-order valence-corrected chi connectivity index (χ0v) is 12.9. The largest absolute Gasteiger partial charge is 0.314 e. The molecule has 112 valence electrons. The molecular weight excluding hydrogens is 248 g/mol. The smallest absolute Gasteiger partial charge is 0.149 e. The van der Waals surface area contributed by atoms with Crippen LogP contribution in [0.15, 0.2) is 0 Å². The van der Waals surface area contributed by atoms with Gasteiger partial charge in [-0.3, -0.25) is 0 Å². The van der Waals surface area contributed by atoms with Crippen molar-refractivity contribution in [1.29, 1.82) is 0 Å². The molecule has 1 aromatic rings. The Morgan fingerprint density at radius 2 is 2.15 bits per heavy atom. The van der Waals surface area contributed by atoms with Crippen molar-refractivity contribution in [3.8, 4) is 0 Å². The summed E-state index contributed by atoms with van der Waals surface area (Å²) in [4.78, 5) is 0. The van der Waals surface area contributed by atoms with Crippen LogP contribution in [0.3, 0.4) is 0 Å². The van der Waals surface area contributed by atoms with E-state index in [9.17, 15) is 0 Å². The van der Waals surface area contributed by atoms with Crippen molar-refractivity contribution in [3.05, 3.63) is 11.6 Å². The minimum absolute atomic E-state index is 0.329. The molecule has 1 fully saturated rings. The predicted molar refractivity (Wildman–Crippen MR) is 80.5 cm³/mol. The Bertz CT molecular complexity index is 440. The number of nitrogens with one attached hydrogen (secondary N) is 1. The number of aryl methyl sites for hydroxylation is 1. The second-order valence-corrected chi connectivity index (χ2v) is 6.61. The van der Waals surface area contributed by atoms with E-state index in [2.05, 4.69) is 33.9 Å². The van der Waals surface area contributed by atoms with Gasteiger partial charge in [0.2, 0.25) is 0 Å². The highest BCUT2D eigenvalue weighted by Crippen LogP contribution is 2.29. The molecule has 0 radical (unpaired) electrons. The zero-order chi connectivity index (χ0) is 13.9. The molecule has 1 aromatic heterocycles. The Labute approximate surface area is 122 Å². The molecule has 0 spiro atoms. The molecule has 1 N–H and O–H groups in total. The predicted octanol–water partition coefficient (Wildman–Crippen LogP) is 3.23. The molecule has 4 nitrogen and oxygen atoms in total. The van der Waals surface area contributed by atoms with Crippen molar-refractivity contribution >= 4 is 0 Å². The summed E-state index contributed by atoms with van der Waals surface area (Å²) in [6.45, 7) is 5.67. The van der Waals surface area contributed by atoms with Gasteiger partial charge in [0.05, 0.1) is 6.04 Å². The van der Waals surface area contributed by atoms with Gasteiger partial charge in [-0.15, -0.1) is 10.2 Å². The van der Waals surface area contributed by atoms with Crippen LogP contribution in [0.1, 0.15) is 76.5 Å². The second-order valence-electron chi connectivity index (χ2n) is 6.61. The molecule has 0 amide bonds. The molecule has 1 aliphatic carbocycles. The summed E-state index contributed by atoms with van der Waals surface area (Å²) < 4.78 is 2.37.